The van der Waals surface area contributed by atoms with Gasteiger partial charge in [0.25, 0.3) is 0 Å². The first-order valence-electron chi connectivity index (χ1n) is 6.99. The molecule has 5 nitrogen and oxygen atoms in total. The fourth-order valence-electron chi connectivity index (χ4n) is 2.74. The molecular weight excluding hydrogens is 302 g/mol. The lowest BCUT2D eigenvalue weighted by Crippen LogP contribution is -2.42. The number of aliphatic imine (C=N–C) groups is 1. The highest BCUT2D eigenvalue weighted by atomic mass is 19.2. The van der Waals surface area contributed by atoms with Crippen LogP contribution in [0.2, 0.25) is 0 Å². The van der Waals surface area contributed by atoms with Crippen LogP contribution in [0.4, 0.5) is 8.78 Å². The minimum atomic E-state index is -0.937. The van der Waals surface area contributed by atoms with E-state index in [4.69, 9.17) is 4.52 Å². The molecule has 0 saturated heterocycles. The van der Waals surface area contributed by atoms with E-state index in [2.05, 4.69) is 21.0 Å². The Balaban J connectivity index is 1.89. The SMILES string of the molecule is C[C@]12N=CC=CC1=C(c1oncc1-c1cccc(F)c1F)NN2. The predicted molar refractivity (Wildman–Crippen MR) is 81.1 cm³/mol. The number of hydrogen-bond acceptors (Lipinski definition) is 5. The molecule has 0 fully saturated rings. The van der Waals surface area contributed by atoms with Gasteiger partial charge in [-0.25, -0.2) is 14.2 Å². The molecule has 2 aliphatic heterocycles. The van der Waals surface area contributed by atoms with Crippen molar-refractivity contribution >= 4 is 11.9 Å². The Morgan fingerprint density at radius 1 is 1.22 bits per heavy atom. The fraction of sp³-hybridized carbons (Fsp3) is 0.125. The van der Waals surface area contributed by atoms with Gasteiger partial charge in [0.1, 0.15) is 5.70 Å². The molecule has 3 heterocycles. The maximum atomic E-state index is 14.1. The monoisotopic (exact) mass is 314 g/mol. The molecule has 1 aromatic heterocycles. The molecule has 0 bridgehead atoms. The summed E-state index contributed by atoms with van der Waals surface area (Å²) in [5, 5.41) is 3.75. The van der Waals surface area contributed by atoms with Gasteiger partial charge in [-0.15, -0.1) is 0 Å². The third kappa shape index (κ3) is 2.01. The molecule has 0 spiro atoms. The predicted octanol–water partition coefficient (Wildman–Crippen LogP) is 2.80. The number of nitrogens with one attached hydrogen (secondary N) is 2. The molecule has 23 heavy (non-hydrogen) atoms. The number of benzene rings is 1. The fourth-order valence-corrected chi connectivity index (χ4v) is 2.74. The van der Waals surface area contributed by atoms with Gasteiger partial charge in [-0.3, -0.25) is 4.99 Å². The largest absolute Gasteiger partial charge is 0.354 e. The number of hydrogen-bond donors (Lipinski definition) is 2. The molecule has 116 valence electrons. The quantitative estimate of drug-likeness (QED) is 0.895. The minimum Gasteiger partial charge on any atom is -0.354 e. The summed E-state index contributed by atoms with van der Waals surface area (Å²) in [6.45, 7) is 1.89. The lowest BCUT2D eigenvalue weighted by molar-refractivity contribution is 0.404. The molecular formula is C16H12F2N4O. The van der Waals surface area contributed by atoms with Crippen LogP contribution in [-0.4, -0.2) is 17.0 Å². The minimum absolute atomic E-state index is 0.0908. The summed E-state index contributed by atoms with van der Waals surface area (Å²) in [5.74, 6) is -1.53. The van der Waals surface area contributed by atoms with Crippen molar-refractivity contribution in [3.05, 3.63) is 59.5 Å². The molecule has 0 unspecified atom stereocenters. The Bertz CT molecular complexity index is 884. The topological polar surface area (TPSA) is 62.5 Å². The average molecular weight is 314 g/mol. The van der Waals surface area contributed by atoms with Gasteiger partial charge in [-0.2, -0.15) is 0 Å². The first-order chi connectivity index (χ1) is 11.1. The zero-order valence-electron chi connectivity index (χ0n) is 12.1. The second-order valence-corrected chi connectivity index (χ2v) is 5.42. The average Bonchev–Trinajstić information content (AvgIpc) is 3.13. The maximum Gasteiger partial charge on any atom is 0.192 e. The van der Waals surface area contributed by atoms with Gasteiger partial charge in [-0.1, -0.05) is 23.4 Å². The Morgan fingerprint density at radius 2 is 2.09 bits per heavy atom. The zero-order valence-corrected chi connectivity index (χ0v) is 12.1. The smallest absolute Gasteiger partial charge is 0.192 e. The Kier molecular flexibility index (Phi) is 2.92. The van der Waals surface area contributed by atoms with Gasteiger partial charge in [0, 0.05) is 17.4 Å². The van der Waals surface area contributed by atoms with Crippen LogP contribution in [0.3, 0.4) is 0 Å². The zero-order chi connectivity index (χ0) is 16.0. The number of hydrazine groups is 1. The number of fused-ring (bicyclic) bond motifs is 1. The molecule has 2 aliphatic rings. The van der Waals surface area contributed by atoms with Crippen molar-refractivity contribution in [2.75, 3.05) is 0 Å². The van der Waals surface area contributed by atoms with Crippen molar-refractivity contribution in [1.82, 2.24) is 16.0 Å². The summed E-state index contributed by atoms with van der Waals surface area (Å²) in [4.78, 5) is 4.38. The highest BCUT2D eigenvalue weighted by molar-refractivity contribution is 5.85. The van der Waals surface area contributed by atoms with Crippen molar-refractivity contribution in [3.8, 4) is 11.1 Å². The van der Waals surface area contributed by atoms with Gasteiger partial charge < -0.3 is 9.95 Å². The van der Waals surface area contributed by atoms with Crippen molar-refractivity contribution in [2.45, 2.75) is 12.6 Å². The summed E-state index contributed by atoms with van der Waals surface area (Å²) in [6, 6.07) is 3.99. The van der Waals surface area contributed by atoms with E-state index < -0.39 is 17.3 Å². The summed E-state index contributed by atoms with van der Waals surface area (Å²) in [5.41, 5.74) is 7.29. The lowest BCUT2D eigenvalue weighted by Gasteiger charge is -2.22. The third-order valence-electron chi connectivity index (χ3n) is 3.95. The van der Waals surface area contributed by atoms with Crippen LogP contribution in [0.1, 0.15) is 12.7 Å². The van der Waals surface area contributed by atoms with Crippen molar-refractivity contribution < 1.29 is 13.3 Å². The van der Waals surface area contributed by atoms with E-state index in [1.807, 2.05) is 13.0 Å². The highest BCUT2D eigenvalue weighted by Crippen LogP contribution is 2.37. The molecule has 0 amide bonds. The van der Waals surface area contributed by atoms with Crippen LogP contribution in [0.15, 0.2) is 51.6 Å². The summed E-state index contributed by atoms with van der Waals surface area (Å²) in [6.07, 6.45) is 6.73. The molecule has 7 heteroatoms. The number of nitrogens with zero attached hydrogens (tertiary/aromatic N) is 2. The van der Waals surface area contributed by atoms with Gasteiger partial charge in [0.2, 0.25) is 0 Å². The summed E-state index contributed by atoms with van der Waals surface area (Å²) >= 11 is 0. The van der Waals surface area contributed by atoms with E-state index >= 15 is 0 Å². The van der Waals surface area contributed by atoms with E-state index in [0.717, 1.165) is 11.6 Å². The standard InChI is InChI=1S/C16H12F2N4O/c1-16-11(5-3-7-19-16)14(21-22-16)15-10(8-20-23-15)9-4-2-6-12(17)13(9)18/h2-8,21-22H,1H3/t16-/m1/s1. The van der Waals surface area contributed by atoms with Crippen molar-refractivity contribution in [2.24, 2.45) is 4.99 Å². The normalized spacial score (nSPS) is 22.4. The first kappa shape index (κ1) is 13.8. The molecule has 4 rings (SSSR count). The maximum absolute atomic E-state index is 14.1. The van der Waals surface area contributed by atoms with Gasteiger partial charge in [0.15, 0.2) is 23.1 Å². The van der Waals surface area contributed by atoms with Crippen molar-refractivity contribution in [3.63, 3.8) is 0 Å². The Morgan fingerprint density at radius 3 is 2.96 bits per heavy atom. The molecule has 0 radical (unpaired) electrons. The van der Waals surface area contributed by atoms with Crippen molar-refractivity contribution in [1.29, 1.82) is 0 Å². The molecule has 0 aliphatic carbocycles. The van der Waals surface area contributed by atoms with Crippen LogP contribution in [0.5, 0.6) is 0 Å². The van der Waals surface area contributed by atoms with Crippen LogP contribution in [-0.2, 0) is 0 Å². The summed E-state index contributed by atoms with van der Waals surface area (Å²) in [7, 11) is 0. The van der Waals surface area contributed by atoms with Gasteiger partial charge >= 0.3 is 0 Å². The van der Waals surface area contributed by atoms with Crippen LogP contribution in [0.25, 0.3) is 16.8 Å². The Hall–Kier alpha value is -2.80. The van der Waals surface area contributed by atoms with Gasteiger partial charge in [0.05, 0.1) is 11.8 Å². The van der Waals surface area contributed by atoms with E-state index in [9.17, 15) is 8.78 Å². The Labute approximate surface area is 130 Å². The van der Waals surface area contributed by atoms with Crippen LogP contribution >= 0.6 is 0 Å². The van der Waals surface area contributed by atoms with Gasteiger partial charge in [-0.05, 0) is 19.1 Å². The second-order valence-electron chi connectivity index (χ2n) is 5.42. The molecule has 1 atom stereocenters. The molecule has 2 aromatic rings. The molecule has 1 aromatic carbocycles. The molecule has 2 N–H and O–H groups in total. The first-order valence-corrected chi connectivity index (χ1v) is 6.99. The number of aromatic nitrogens is 1. The van der Waals surface area contributed by atoms with Crippen LogP contribution in [0, 0.1) is 11.6 Å². The number of halogens is 2. The number of dihydropyridines is 1. The van der Waals surface area contributed by atoms with E-state index in [0.29, 0.717) is 17.0 Å². The highest BCUT2D eigenvalue weighted by Gasteiger charge is 2.38. The van der Waals surface area contributed by atoms with E-state index in [-0.39, 0.29) is 5.56 Å². The molecule has 0 saturated carbocycles. The lowest BCUT2D eigenvalue weighted by atomic mass is 9.96. The number of allylic oxidation sites excluding steroid dienone is 1. The van der Waals surface area contributed by atoms with E-state index in [1.165, 1.54) is 18.3 Å². The second kappa shape index (κ2) is 4.85. The number of rotatable bonds is 2. The third-order valence-corrected chi connectivity index (χ3v) is 3.95. The van der Waals surface area contributed by atoms with Crippen LogP contribution < -0.4 is 10.9 Å². The summed E-state index contributed by atoms with van der Waals surface area (Å²) < 4.78 is 32.9. The van der Waals surface area contributed by atoms with E-state index in [1.54, 1.807) is 12.3 Å².